The van der Waals surface area contributed by atoms with Gasteiger partial charge in [-0.2, -0.15) is 4.31 Å². The molecule has 1 spiro atoms. The highest BCUT2D eigenvalue weighted by Crippen LogP contribution is 2.52. The lowest BCUT2D eigenvalue weighted by atomic mass is 9.71. The van der Waals surface area contributed by atoms with Crippen LogP contribution in [0.3, 0.4) is 0 Å². The van der Waals surface area contributed by atoms with Gasteiger partial charge < -0.3 is 14.4 Å². The van der Waals surface area contributed by atoms with Gasteiger partial charge in [-0.1, -0.05) is 18.9 Å². The van der Waals surface area contributed by atoms with Gasteiger partial charge in [0.2, 0.25) is 10.0 Å². The van der Waals surface area contributed by atoms with Crippen LogP contribution in [0.15, 0.2) is 41.3 Å². The first-order valence-electron chi connectivity index (χ1n) is 12.7. The van der Waals surface area contributed by atoms with Crippen molar-refractivity contribution >= 4 is 15.9 Å². The number of amides is 1. The Hall–Kier alpha value is -2.58. The lowest BCUT2D eigenvalue weighted by Crippen LogP contribution is -2.48. The van der Waals surface area contributed by atoms with E-state index in [4.69, 9.17) is 9.47 Å². The molecule has 3 heterocycles. The van der Waals surface area contributed by atoms with Gasteiger partial charge in [0.25, 0.3) is 5.91 Å². The molecule has 1 aliphatic carbocycles. The standard InChI is InChI=1S/C27H32N2O5S/c1-19-22-16-24-25(34-14-13-33-24)17-23(22)27(9-2-3-10-27)18-29(19)26(30)20-7-6-8-21(15-20)35(31,32)28-11-4-5-12-28/h6-8,15-17,19H,2-5,9-14,18H2,1H3/t19-/m1/s1. The van der Waals surface area contributed by atoms with Crippen molar-refractivity contribution in [3.8, 4) is 11.5 Å². The molecular formula is C27H32N2O5S. The molecule has 1 saturated heterocycles. The predicted octanol–water partition coefficient (Wildman–Crippen LogP) is 4.27. The third-order valence-electron chi connectivity index (χ3n) is 8.28. The molecule has 35 heavy (non-hydrogen) atoms. The van der Waals surface area contributed by atoms with Gasteiger partial charge in [0.05, 0.1) is 10.9 Å². The van der Waals surface area contributed by atoms with Crippen LogP contribution < -0.4 is 9.47 Å². The molecule has 3 aliphatic heterocycles. The van der Waals surface area contributed by atoms with E-state index in [9.17, 15) is 13.2 Å². The molecule has 1 amide bonds. The van der Waals surface area contributed by atoms with Crippen molar-refractivity contribution in [3.63, 3.8) is 0 Å². The Balaban J connectivity index is 1.37. The fourth-order valence-electron chi connectivity index (χ4n) is 6.39. The van der Waals surface area contributed by atoms with Gasteiger partial charge in [0.1, 0.15) is 13.2 Å². The fraction of sp³-hybridized carbons (Fsp3) is 0.519. The Kier molecular flexibility index (Phi) is 5.56. The second-order valence-electron chi connectivity index (χ2n) is 10.3. The maximum atomic E-state index is 13.9. The SMILES string of the molecule is C[C@@H]1c2cc3c(cc2C2(CCCC2)CN1C(=O)c1cccc(S(=O)(=O)N2CCCC2)c1)OCCO3. The van der Waals surface area contributed by atoms with Crippen LogP contribution in [0, 0.1) is 0 Å². The first kappa shape index (κ1) is 22.9. The van der Waals surface area contributed by atoms with Crippen molar-refractivity contribution < 1.29 is 22.7 Å². The number of benzene rings is 2. The van der Waals surface area contributed by atoms with Crippen LogP contribution in [-0.2, 0) is 15.4 Å². The van der Waals surface area contributed by atoms with Crippen LogP contribution in [0.4, 0.5) is 0 Å². The number of fused-ring (bicyclic) bond motifs is 3. The molecule has 1 saturated carbocycles. The van der Waals surface area contributed by atoms with Gasteiger partial charge >= 0.3 is 0 Å². The van der Waals surface area contributed by atoms with E-state index >= 15 is 0 Å². The van der Waals surface area contributed by atoms with Crippen molar-refractivity contribution in [2.45, 2.75) is 61.8 Å². The van der Waals surface area contributed by atoms with Crippen LogP contribution in [0.25, 0.3) is 0 Å². The summed E-state index contributed by atoms with van der Waals surface area (Å²) in [5, 5.41) is 0. The molecule has 0 bridgehead atoms. The largest absolute Gasteiger partial charge is 0.486 e. The smallest absolute Gasteiger partial charge is 0.254 e. The molecule has 2 aromatic carbocycles. The Labute approximate surface area is 207 Å². The summed E-state index contributed by atoms with van der Waals surface area (Å²) >= 11 is 0. The molecule has 0 radical (unpaired) electrons. The third-order valence-corrected chi connectivity index (χ3v) is 10.2. The summed E-state index contributed by atoms with van der Waals surface area (Å²) in [6.07, 6.45) is 6.08. The monoisotopic (exact) mass is 496 g/mol. The summed E-state index contributed by atoms with van der Waals surface area (Å²) in [6, 6.07) is 10.6. The highest BCUT2D eigenvalue weighted by Gasteiger charge is 2.46. The van der Waals surface area contributed by atoms with E-state index < -0.39 is 10.0 Å². The highest BCUT2D eigenvalue weighted by molar-refractivity contribution is 7.89. The van der Waals surface area contributed by atoms with Gasteiger partial charge in [0, 0.05) is 30.6 Å². The predicted molar refractivity (Wildman–Crippen MR) is 131 cm³/mol. The van der Waals surface area contributed by atoms with Gasteiger partial charge in [-0.3, -0.25) is 4.79 Å². The normalized spacial score (nSPS) is 23.5. The lowest BCUT2D eigenvalue weighted by Gasteiger charge is -2.46. The Morgan fingerprint density at radius 2 is 1.66 bits per heavy atom. The average molecular weight is 497 g/mol. The maximum absolute atomic E-state index is 13.9. The lowest BCUT2D eigenvalue weighted by molar-refractivity contribution is 0.0593. The molecule has 0 unspecified atom stereocenters. The topological polar surface area (TPSA) is 76.2 Å². The van der Waals surface area contributed by atoms with Gasteiger partial charge in [-0.15, -0.1) is 0 Å². The number of hydrogen-bond donors (Lipinski definition) is 0. The van der Waals surface area contributed by atoms with Crippen molar-refractivity contribution in [2.75, 3.05) is 32.8 Å². The van der Waals surface area contributed by atoms with E-state index in [1.54, 1.807) is 24.3 Å². The third kappa shape index (κ3) is 3.73. The summed E-state index contributed by atoms with van der Waals surface area (Å²) in [5.74, 6) is 1.42. The molecule has 186 valence electrons. The Bertz CT molecular complexity index is 1260. The summed E-state index contributed by atoms with van der Waals surface area (Å²) in [7, 11) is -3.59. The van der Waals surface area contributed by atoms with E-state index in [1.165, 1.54) is 9.87 Å². The van der Waals surface area contributed by atoms with E-state index in [-0.39, 0.29) is 22.3 Å². The maximum Gasteiger partial charge on any atom is 0.254 e. The molecule has 2 aromatic rings. The van der Waals surface area contributed by atoms with Crippen molar-refractivity contribution in [1.29, 1.82) is 0 Å². The number of carbonyl (C=O) groups is 1. The number of ether oxygens (including phenoxy) is 2. The minimum absolute atomic E-state index is 0.105. The van der Waals surface area contributed by atoms with Crippen LogP contribution in [0.1, 0.15) is 73.0 Å². The molecule has 0 aromatic heterocycles. The van der Waals surface area contributed by atoms with Crippen LogP contribution in [0.2, 0.25) is 0 Å². The molecule has 2 fully saturated rings. The molecule has 0 N–H and O–H groups in total. The summed E-state index contributed by atoms with van der Waals surface area (Å²) < 4.78 is 39.5. The summed E-state index contributed by atoms with van der Waals surface area (Å²) in [6.45, 7) is 4.84. The number of rotatable bonds is 3. The summed E-state index contributed by atoms with van der Waals surface area (Å²) in [5.41, 5.74) is 2.70. The molecule has 6 rings (SSSR count). The molecule has 1 atom stereocenters. The second kappa shape index (κ2) is 8.52. The van der Waals surface area contributed by atoms with Gasteiger partial charge in [0.15, 0.2) is 11.5 Å². The molecule has 7 nitrogen and oxygen atoms in total. The van der Waals surface area contributed by atoms with E-state index in [0.29, 0.717) is 38.4 Å². The fourth-order valence-corrected chi connectivity index (χ4v) is 7.95. The Morgan fingerprint density at radius 3 is 2.37 bits per heavy atom. The molecule has 8 heteroatoms. The zero-order chi connectivity index (χ0) is 24.2. The number of hydrogen-bond acceptors (Lipinski definition) is 5. The zero-order valence-electron chi connectivity index (χ0n) is 20.2. The summed E-state index contributed by atoms with van der Waals surface area (Å²) in [4.78, 5) is 16.0. The zero-order valence-corrected chi connectivity index (χ0v) is 21.0. The first-order valence-corrected chi connectivity index (χ1v) is 14.2. The molecular weight excluding hydrogens is 464 g/mol. The second-order valence-corrected chi connectivity index (χ2v) is 12.3. The first-order chi connectivity index (χ1) is 16.9. The van der Waals surface area contributed by atoms with E-state index in [0.717, 1.165) is 55.6 Å². The van der Waals surface area contributed by atoms with E-state index in [2.05, 4.69) is 19.1 Å². The quantitative estimate of drug-likeness (QED) is 0.634. The van der Waals surface area contributed by atoms with Crippen molar-refractivity contribution in [2.24, 2.45) is 0 Å². The van der Waals surface area contributed by atoms with Gasteiger partial charge in [-0.05, 0) is 74.1 Å². The minimum Gasteiger partial charge on any atom is -0.486 e. The number of carbonyl (C=O) groups excluding carboxylic acids is 1. The van der Waals surface area contributed by atoms with E-state index in [1.807, 2.05) is 4.90 Å². The minimum atomic E-state index is -3.59. The average Bonchev–Trinajstić information content (AvgIpc) is 3.59. The van der Waals surface area contributed by atoms with Gasteiger partial charge in [-0.25, -0.2) is 8.42 Å². The number of nitrogens with zero attached hydrogens (tertiary/aromatic N) is 2. The van der Waals surface area contributed by atoms with Crippen molar-refractivity contribution in [3.05, 3.63) is 53.1 Å². The van der Waals surface area contributed by atoms with Crippen LogP contribution >= 0.6 is 0 Å². The molecule has 4 aliphatic rings. The van der Waals surface area contributed by atoms with Crippen molar-refractivity contribution in [1.82, 2.24) is 9.21 Å². The van der Waals surface area contributed by atoms with Crippen LogP contribution in [-0.4, -0.2) is 56.4 Å². The van der Waals surface area contributed by atoms with Crippen LogP contribution in [0.5, 0.6) is 11.5 Å². The highest BCUT2D eigenvalue weighted by atomic mass is 32.2. The Morgan fingerprint density at radius 1 is 0.971 bits per heavy atom. The number of sulfonamides is 1.